The molecule has 2 aromatic rings. The lowest BCUT2D eigenvalue weighted by molar-refractivity contribution is 0.379. The number of hydrogen-bond acceptors (Lipinski definition) is 3. The maximum atomic E-state index is 4.56. The molecule has 112 valence electrons. The highest BCUT2D eigenvalue weighted by Gasteiger charge is 2.19. The highest BCUT2D eigenvalue weighted by atomic mass is 32.2. The Morgan fingerprint density at radius 3 is 2.71 bits per heavy atom. The lowest BCUT2D eigenvalue weighted by atomic mass is 9.95. The molecule has 1 N–H and O–H groups in total. The van der Waals surface area contributed by atoms with Crippen LogP contribution in [-0.4, -0.2) is 22.5 Å². The van der Waals surface area contributed by atoms with E-state index in [1.54, 1.807) is 0 Å². The molecule has 2 nitrogen and oxygen atoms in total. The van der Waals surface area contributed by atoms with Crippen LogP contribution in [0, 0.1) is 6.92 Å². The lowest BCUT2D eigenvalue weighted by Gasteiger charge is -2.28. The van der Waals surface area contributed by atoms with Gasteiger partial charge in [0.1, 0.15) is 0 Å². The van der Waals surface area contributed by atoms with E-state index >= 15 is 0 Å². The molecule has 0 bridgehead atoms. The largest absolute Gasteiger partial charge is 0.310 e. The number of nitrogens with one attached hydrogen (secondary N) is 1. The van der Waals surface area contributed by atoms with Crippen LogP contribution in [-0.2, 0) is 6.54 Å². The predicted molar refractivity (Wildman–Crippen MR) is 92.9 cm³/mol. The van der Waals surface area contributed by atoms with Crippen LogP contribution in [0.15, 0.2) is 30.3 Å². The summed E-state index contributed by atoms with van der Waals surface area (Å²) >= 11 is 2.03. The first-order chi connectivity index (χ1) is 10.2. The summed E-state index contributed by atoms with van der Waals surface area (Å²) in [7, 11) is 0. The van der Waals surface area contributed by atoms with Gasteiger partial charge in [-0.15, -0.1) is 0 Å². The van der Waals surface area contributed by atoms with Crippen LogP contribution in [0.5, 0.6) is 0 Å². The highest BCUT2D eigenvalue weighted by molar-refractivity contribution is 7.99. The zero-order chi connectivity index (χ0) is 14.7. The molecule has 0 saturated heterocycles. The van der Waals surface area contributed by atoms with Gasteiger partial charge in [-0.25, -0.2) is 0 Å². The lowest BCUT2D eigenvalue weighted by Crippen LogP contribution is -2.33. The van der Waals surface area contributed by atoms with Gasteiger partial charge in [0.15, 0.2) is 0 Å². The predicted octanol–water partition coefficient (Wildman–Crippen LogP) is 4.31. The normalized spacial score (nSPS) is 22.6. The van der Waals surface area contributed by atoms with Crippen LogP contribution in [0.1, 0.15) is 36.9 Å². The second-order valence-corrected chi connectivity index (χ2v) is 7.21. The number of nitrogens with zero attached hydrogens (tertiary/aromatic N) is 1. The Hall–Kier alpha value is -1.06. The fourth-order valence-corrected chi connectivity index (χ4v) is 3.90. The Morgan fingerprint density at radius 1 is 1.14 bits per heavy atom. The summed E-state index contributed by atoms with van der Waals surface area (Å²) < 4.78 is 0. The van der Waals surface area contributed by atoms with Crippen molar-refractivity contribution in [3.63, 3.8) is 0 Å². The average molecular weight is 300 g/mol. The fraction of sp³-hybridized carbons (Fsp3) is 0.500. The summed E-state index contributed by atoms with van der Waals surface area (Å²) in [5.41, 5.74) is 3.54. The highest BCUT2D eigenvalue weighted by Crippen LogP contribution is 2.27. The maximum absolute atomic E-state index is 4.56. The average Bonchev–Trinajstić information content (AvgIpc) is 2.53. The van der Waals surface area contributed by atoms with Crippen molar-refractivity contribution in [1.82, 2.24) is 10.3 Å². The number of rotatable bonds is 4. The van der Waals surface area contributed by atoms with Gasteiger partial charge in [-0.05, 0) is 62.6 Å². The molecule has 1 aromatic heterocycles. The van der Waals surface area contributed by atoms with E-state index in [4.69, 9.17) is 0 Å². The van der Waals surface area contributed by atoms with Gasteiger partial charge in [0.2, 0.25) is 0 Å². The van der Waals surface area contributed by atoms with E-state index in [0.717, 1.165) is 23.0 Å². The molecule has 0 atom stereocenters. The van der Waals surface area contributed by atoms with Gasteiger partial charge in [0.05, 0.1) is 5.52 Å². The first-order valence-corrected chi connectivity index (χ1v) is 9.16. The van der Waals surface area contributed by atoms with Gasteiger partial charge in [-0.2, -0.15) is 11.8 Å². The van der Waals surface area contributed by atoms with Crippen LogP contribution in [0.25, 0.3) is 10.9 Å². The van der Waals surface area contributed by atoms with Crippen molar-refractivity contribution in [2.75, 3.05) is 6.26 Å². The second-order valence-electron chi connectivity index (χ2n) is 6.07. The van der Waals surface area contributed by atoms with Crippen molar-refractivity contribution in [2.24, 2.45) is 0 Å². The van der Waals surface area contributed by atoms with E-state index in [9.17, 15) is 0 Å². The molecule has 1 fully saturated rings. The SMILES string of the molecule is CSC1CCC(NCc2ccc3nc(C)ccc3c2)CC1. The van der Waals surface area contributed by atoms with Crippen molar-refractivity contribution in [1.29, 1.82) is 0 Å². The summed E-state index contributed by atoms with van der Waals surface area (Å²) in [6.07, 6.45) is 7.60. The summed E-state index contributed by atoms with van der Waals surface area (Å²) in [5.74, 6) is 0. The van der Waals surface area contributed by atoms with Crippen molar-refractivity contribution in [3.8, 4) is 0 Å². The van der Waals surface area contributed by atoms with E-state index in [-0.39, 0.29) is 0 Å². The van der Waals surface area contributed by atoms with Crippen molar-refractivity contribution in [3.05, 3.63) is 41.6 Å². The van der Waals surface area contributed by atoms with Crippen molar-refractivity contribution < 1.29 is 0 Å². The number of aromatic nitrogens is 1. The van der Waals surface area contributed by atoms with Gasteiger partial charge in [0.25, 0.3) is 0 Å². The minimum Gasteiger partial charge on any atom is -0.310 e. The Balaban J connectivity index is 1.59. The number of pyridine rings is 1. The molecule has 1 saturated carbocycles. The van der Waals surface area contributed by atoms with Gasteiger partial charge < -0.3 is 5.32 Å². The Bertz CT molecular complexity index is 603. The topological polar surface area (TPSA) is 24.9 Å². The number of benzene rings is 1. The third kappa shape index (κ3) is 3.78. The van der Waals surface area contributed by atoms with E-state index in [0.29, 0.717) is 6.04 Å². The first kappa shape index (κ1) is 14.9. The number of thioether (sulfide) groups is 1. The molecular formula is C18H24N2S. The van der Waals surface area contributed by atoms with Gasteiger partial charge >= 0.3 is 0 Å². The molecule has 0 radical (unpaired) electrons. The number of fused-ring (bicyclic) bond motifs is 1. The number of aryl methyl sites for hydroxylation is 1. The molecule has 1 aliphatic rings. The molecule has 3 heteroatoms. The van der Waals surface area contributed by atoms with Crippen LogP contribution in [0.3, 0.4) is 0 Å². The number of hydrogen-bond donors (Lipinski definition) is 1. The molecule has 21 heavy (non-hydrogen) atoms. The van der Waals surface area contributed by atoms with Crippen molar-refractivity contribution >= 4 is 22.7 Å². The molecule has 1 heterocycles. The Kier molecular flexibility index (Phi) is 4.81. The summed E-state index contributed by atoms with van der Waals surface area (Å²) in [5, 5.41) is 5.86. The van der Waals surface area contributed by atoms with Gasteiger partial charge in [-0.3, -0.25) is 4.98 Å². The van der Waals surface area contributed by atoms with Crippen LogP contribution < -0.4 is 5.32 Å². The van der Waals surface area contributed by atoms with Crippen LogP contribution in [0.2, 0.25) is 0 Å². The summed E-state index contributed by atoms with van der Waals surface area (Å²) in [6, 6.07) is 11.6. The summed E-state index contributed by atoms with van der Waals surface area (Å²) in [4.78, 5) is 4.56. The van der Waals surface area contributed by atoms with E-state index in [2.05, 4.69) is 46.9 Å². The zero-order valence-electron chi connectivity index (χ0n) is 12.9. The molecule has 0 unspecified atom stereocenters. The molecule has 0 amide bonds. The Morgan fingerprint density at radius 2 is 1.95 bits per heavy atom. The Labute approximate surface area is 131 Å². The molecule has 3 rings (SSSR count). The minimum atomic E-state index is 0.695. The molecule has 0 spiro atoms. The smallest absolute Gasteiger partial charge is 0.0705 e. The first-order valence-electron chi connectivity index (χ1n) is 7.87. The van der Waals surface area contributed by atoms with Crippen molar-refractivity contribution in [2.45, 2.75) is 50.4 Å². The quantitative estimate of drug-likeness (QED) is 0.911. The monoisotopic (exact) mass is 300 g/mol. The van der Waals surface area contributed by atoms with E-state index in [1.807, 2.05) is 18.7 Å². The maximum Gasteiger partial charge on any atom is 0.0705 e. The zero-order valence-corrected chi connectivity index (χ0v) is 13.7. The third-order valence-corrected chi connectivity index (χ3v) is 5.63. The van der Waals surface area contributed by atoms with Gasteiger partial charge in [0, 0.05) is 28.9 Å². The van der Waals surface area contributed by atoms with Crippen LogP contribution >= 0.6 is 11.8 Å². The van der Waals surface area contributed by atoms with Gasteiger partial charge in [-0.1, -0.05) is 12.1 Å². The summed E-state index contributed by atoms with van der Waals surface area (Å²) in [6.45, 7) is 3.01. The van der Waals surface area contributed by atoms with E-state index < -0.39 is 0 Å². The molecule has 1 aliphatic carbocycles. The standard InChI is InChI=1S/C18H24N2S/c1-13-3-5-15-11-14(4-10-18(15)20-13)12-19-16-6-8-17(21-2)9-7-16/h3-5,10-11,16-17,19H,6-9,12H2,1-2H3. The third-order valence-electron chi connectivity index (χ3n) is 4.50. The van der Waals surface area contributed by atoms with E-state index in [1.165, 1.54) is 36.6 Å². The minimum absolute atomic E-state index is 0.695. The fourth-order valence-electron chi connectivity index (χ4n) is 3.15. The van der Waals surface area contributed by atoms with Crippen LogP contribution in [0.4, 0.5) is 0 Å². The molecule has 1 aromatic carbocycles. The molecular weight excluding hydrogens is 276 g/mol. The second kappa shape index (κ2) is 6.80. The molecule has 0 aliphatic heterocycles.